The molecule has 0 spiro atoms. The van der Waals surface area contributed by atoms with E-state index < -0.39 is 17.7 Å². The zero-order chi connectivity index (χ0) is 14.3. The molecule has 0 saturated carbocycles. The summed E-state index contributed by atoms with van der Waals surface area (Å²) in [5.74, 6) is -2.37. The highest BCUT2D eigenvalue weighted by Gasteiger charge is 2.55. The van der Waals surface area contributed by atoms with Crippen LogP contribution in [0.3, 0.4) is 0 Å². The molecule has 0 radical (unpaired) electrons. The second-order valence-electron chi connectivity index (χ2n) is 5.33. The van der Waals surface area contributed by atoms with Crippen molar-refractivity contribution in [1.82, 2.24) is 0 Å². The summed E-state index contributed by atoms with van der Waals surface area (Å²) in [6, 6.07) is 8.70. The van der Waals surface area contributed by atoms with Gasteiger partial charge in [-0.25, -0.2) is 4.79 Å². The SMILES string of the molecule is C[C@@H]1C(=O)[C@@H](C)[C@]2(OC(=O)c3ccccc3)C=C[C@@H]1O2. The third-order valence-corrected chi connectivity index (χ3v) is 4.07. The second kappa shape index (κ2) is 4.56. The van der Waals surface area contributed by atoms with Crippen molar-refractivity contribution in [3.05, 3.63) is 48.0 Å². The number of hydrogen-bond acceptors (Lipinski definition) is 4. The van der Waals surface area contributed by atoms with Crippen LogP contribution in [-0.4, -0.2) is 23.6 Å². The van der Waals surface area contributed by atoms with E-state index in [2.05, 4.69) is 0 Å². The lowest BCUT2D eigenvalue weighted by molar-refractivity contribution is -0.228. The van der Waals surface area contributed by atoms with Crippen molar-refractivity contribution in [3.63, 3.8) is 0 Å². The van der Waals surface area contributed by atoms with E-state index in [1.54, 1.807) is 37.3 Å². The number of carbonyl (C=O) groups excluding carboxylic acids is 2. The highest BCUT2D eigenvalue weighted by Crippen LogP contribution is 2.42. The first-order chi connectivity index (χ1) is 9.53. The molecule has 1 aromatic rings. The highest BCUT2D eigenvalue weighted by molar-refractivity contribution is 5.91. The molecule has 2 heterocycles. The van der Waals surface area contributed by atoms with Gasteiger partial charge < -0.3 is 9.47 Å². The minimum atomic E-state index is -1.25. The Morgan fingerprint density at radius 2 is 1.95 bits per heavy atom. The maximum absolute atomic E-state index is 12.2. The van der Waals surface area contributed by atoms with Gasteiger partial charge in [0.1, 0.15) is 5.78 Å². The molecular weight excluding hydrogens is 256 g/mol. The van der Waals surface area contributed by atoms with Gasteiger partial charge in [0, 0.05) is 5.92 Å². The first kappa shape index (κ1) is 13.1. The number of benzene rings is 1. The Balaban J connectivity index is 1.85. The van der Waals surface area contributed by atoms with Crippen molar-refractivity contribution < 1.29 is 19.1 Å². The van der Waals surface area contributed by atoms with E-state index in [1.807, 2.05) is 19.1 Å². The smallest absolute Gasteiger partial charge is 0.340 e. The van der Waals surface area contributed by atoms with E-state index >= 15 is 0 Å². The van der Waals surface area contributed by atoms with Crippen LogP contribution in [0.25, 0.3) is 0 Å². The van der Waals surface area contributed by atoms with Crippen LogP contribution in [0.5, 0.6) is 0 Å². The van der Waals surface area contributed by atoms with Crippen LogP contribution in [0.1, 0.15) is 24.2 Å². The molecule has 0 unspecified atom stereocenters. The van der Waals surface area contributed by atoms with Crippen molar-refractivity contribution in [2.45, 2.75) is 25.7 Å². The Hall–Kier alpha value is -1.94. The quantitative estimate of drug-likeness (QED) is 0.612. The fourth-order valence-electron chi connectivity index (χ4n) is 2.71. The summed E-state index contributed by atoms with van der Waals surface area (Å²) in [4.78, 5) is 24.4. The molecule has 2 bridgehead atoms. The molecule has 1 saturated heterocycles. The van der Waals surface area contributed by atoms with Gasteiger partial charge in [0.2, 0.25) is 5.79 Å². The molecule has 1 aromatic carbocycles. The lowest BCUT2D eigenvalue weighted by atomic mass is 9.86. The summed E-state index contributed by atoms with van der Waals surface area (Å²) in [6.07, 6.45) is 3.21. The van der Waals surface area contributed by atoms with Crippen LogP contribution in [0, 0.1) is 11.8 Å². The van der Waals surface area contributed by atoms with Gasteiger partial charge in [0.05, 0.1) is 17.6 Å². The molecule has 4 atom stereocenters. The van der Waals surface area contributed by atoms with E-state index in [0.717, 1.165) is 0 Å². The highest BCUT2D eigenvalue weighted by atomic mass is 16.7. The molecule has 20 heavy (non-hydrogen) atoms. The largest absolute Gasteiger partial charge is 0.425 e. The number of rotatable bonds is 2. The zero-order valence-corrected chi connectivity index (χ0v) is 11.4. The number of Topliss-reactive ketones (excluding diaryl/α,β-unsaturated/α-hetero) is 1. The minimum Gasteiger partial charge on any atom is -0.425 e. The van der Waals surface area contributed by atoms with E-state index in [1.165, 1.54) is 0 Å². The fraction of sp³-hybridized carbons (Fsp3) is 0.375. The van der Waals surface area contributed by atoms with Gasteiger partial charge in [-0.05, 0) is 25.1 Å². The summed E-state index contributed by atoms with van der Waals surface area (Å²) < 4.78 is 11.3. The zero-order valence-electron chi connectivity index (χ0n) is 11.4. The van der Waals surface area contributed by atoms with Gasteiger partial charge in [0.15, 0.2) is 0 Å². The van der Waals surface area contributed by atoms with Crippen molar-refractivity contribution in [2.75, 3.05) is 0 Å². The summed E-state index contributed by atoms with van der Waals surface area (Å²) in [5.41, 5.74) is 0.445. The van der Waals surface area contributed by atoms with Crippen LogP contribution in [0.2, 0.25) is 0 Å². The maximum Gasteiger partial charge on any atom is 0.340 e. The topological polar surface area (TPSA) is 52.6 Å². The van der Waals surface area contributed by atoms with Crippen LogP contribution < -0.4 is 0 Å². The average molecular weight is 272 g/mol. The lowest BCUT2D eigenvalue weighted by Crippen LogP contribution is -2.52. The predicted molar refractivity (Wildman–Crippen MR) is 71.9 cm³/mol. The number of ketones is 1. The van der Waals surface area contributed by atoms with E-state index in [0.29, 0.717) is 5.56 Å². The molecule has 2 aliphatic rings. The van der Waals surface area contributed by atoms with Crippen molar-refractivity contribution >= 4 is 11.8 Å². The molecule has 0 amide bonds. The Labute approximate surface area is 117 Å². The van der Waals surface area contributed by atoms with E-state index in [9.17, 15) is 9.59 Å². The Kier molecular flexibility index (Phi) is 2.98. The van der Waals surface area contributed by atoms with E-state index in [4.69, 9.17) is 9.47 Å². The van der Waals surface area contributed by atoms with Gasteiger partial charge in [0.25, 0.3) is 0 Å². The fourth-order valence-corrected chi connectivity index (χ4v) is 2.71. The molecule has 4 nitrogen and oxygen atoms in total. The van der Waals surface area contributed by atoms with Gasteiger partial charge in [-0.3, -0.25) is 4.79 Å². The molecule has 0 aliphatic carbocycles. The predicted octanol–water partition coefficient (Wildman–Crippen LogP) is 2.35. The average Bonchev–Trinajstić information content (AvgIpc) is 2.87. The van der Waals surface area contributed by atoms with Crippen LogP contribution in [0.4, 0.5) is 0 Å². The number of fused-ring (bicyclic) bond motifs is 2. The van der Waals surface area contributed by atoms with E-state index in [-0.39, 0.29) is 17.8 Å². The van der Waals surface area contributed by atoms with Gasteiger partial charge in [-0.1, -0.05) is 31.2 Å². The van der Waals surface area contributed by atoms with Gasteiger partial charge in [-0.15, -0.1) is 0 Å². The maximum atomic E-state index is 12.2. The van der Waals surface area contributed by atoms with Crippen LogP contribution in [0.15, 0.2) is 42.5 Å². The lowest BCUT2D eigenvalue weighted by Gasteiger charge is -2.39. The number of ether oxygens (including phenoxy) is 2. The number of esters is 1. The monoisotopic (exact) mass is 272 g/mol. The number of hydrogen-bond donors (Lipinski definition) is 0. The summed E-state index contributed by atoms with van der Waals surface area (Å²) in [7, 11) is 0. The van der Waals surface area contributed by atoms with Crippen molar-refractivity contribution in [3.8, 4) is 0 Å². The molecule has 2 aliphatic heterocycles. The molecule has 4 heteroatoms. The normalized spacial score (nSPS) is 35.1. The van der Waals surface area contributed by atoms with Gasteiger partial charge >= 0.3 is 5.97 Å². The molecule has 104 valence electrons. The molecular formula is C16H16O4. The molecule has 0 aromatic heterocycles. The Morgan fingerprint density at radius 1 is 1.25 bits per heavy atom. The minimum absolute atomic E-state index is 0.0621. The first-order valence-electron chi connectivity index (χ1n) is 6.73. The van der Waals surface area contributed by atoms with Crippen LogP contribution in [-0.2, 0) is 14.3 Å². The molecule has 1 fully saturated rings. The number of carbonyl (C=O) groups is 2. The third kappa shape index (κ3) is 1.88. The first-order valence-corrected chi connectivity index (χ1v) is 6.73. The third-order valence-electron chi connectivity index (χ3n) is 4.07. The standard InChI is InChI=1S/C16H16O4/c1-10-13-8-9-16(19-13,11(2)14(10)17)20-15(18)12-6-4-3-5-7-12/h3-11,13H,1-2H3/t10-,11+,13-,16+/m0/s1. The van der Waals surface area contributed by atoms with Crippen LogP contribution >= 0.6 is 0 Å². The second-order valence-corrected chi connectivity index (χ2v) is 5.33. The summed E-state index contributed by atoms with van der Waals surface area (Å²) in [5, 5.41) is 0. The van der Waals surface area contributed by atoms with Crippen molar-refractivity contribution in [2.24, 2.45) is 11.8 Å². The van der Waals surface area contributed by atoms with Crippen molar-refractivity contribution in [1.29, 1.82) is 0 Å². The Bertz CT molecular complexity index is 577. The molecule has 3 rings (SSSR count). The Morgan fingerprint density at radius 3 is 2.65 bits per heavy atom. The summed E-state index contributed by atoms with van der Waals surface area (Å²) in [6.45, 7) is 3.57. The van der Waals surface area contributed by atoms with Gasteiger partial charge in [-0.2, -0.15) is 0 Å². The molecule has 0 N–H and O–H groups in total. The summed E-state index contributed by atoms with van der Waals surface area (Å²) >= 11 is 0.